The first kappa shape index (κ1) is 14.9. The molecular weight excluding hydrogens is 284 g/mol. The molecule has 0 aliphatic carbocycles. The van der Waals surface area contributed by atoms with E-state index in [9.17, 15) is 4.79 Å². The van der Waals surface area contributed by atoms with E-state index in [0.29, 0.717) is 12.2 Å². The lowest BCUT2D eigenvalue weighted by Crippen LogP contribution is -2.41. The van der Waals surface area contributed by atoms with E-state index in [-0.39, 0.29) is 5.91 Å². The van der Waals surface area contributed by atoms with Crippen LogP contribution in [-0.4, -0.2) is 53.4 Å². The second-order valence-electron chi connectivity index (χ2n) is 6.07. The van der Waals surface area contributed by atoms with Crippen molar-refractivity contribution in [3.63, 3.8) is 0 Å². The Morgan fingerprint density at radius 2 is 2.00 bits per heavy atom. The topological polar surface area (TPSA) is 62.5 Å². The Labute approximate surface area is 130 Å². The van der Waals surface area contributed by atoms with Gasteiger partial charge in [0.2, 0.25) is 0 Å². The van der Waals surface area contributed by atoms with E-state index in [4.69, 9.17) is 5.73 Å². The van der Waals surface area contributed by atoms with Gasteiger partial charge in [-0.2, -0.15) is 0 Å². The summed E-state index contributed by atoms with van der Waals surface area (Å²) >= 11 is 1.47. The maximum Gasteiger partial charge on any atom is 0.273 e. The first-order valence-electron chi connectivity index (χ1n) is 7.92. The van der Waals surface area contributed by atoms with Crippen LogP contribution in [0.4, 0.5) is 0 Å². The number of hydrogen-bond donors (Lipinski definition) is 1. The van der Waals surface area contributed by atoms with Gasteiger partial charge in [-0.15, -0.1) is 11.3 Å². The number of carbonyl (C=O) groups excluding carboxylic acids is 1. The average Bonchev–Trinajstić information content (AvgIpc) is 3.18. The second kappa shape index (κ2) is 6.85. The SMILES string of the molecule is NCc1nc(C(=O)N2CCC(CN3CCCC3)CC2)cs1. The van der Waals surface area contributed by atoms with Crippen LogP contribution in [0, 0.1) is 5.92 Å². The minimum Gasteiger partial charge on any atom is -0.337 e. The van der Waals surface area contributed by atoms with Crippen molar-refractivity contribution in [2.75, 3.05) is 32.7 Å². The maximum atomic E-state index is 12.4. The number of likely N-dealkylation sites (tertiary alicyclic amines) is 2. The van der Waals surface area contributed by atoms with Gasteiger partial charge in [-0.25, -0.2) is 4.98 Å². The molecule has 3 rings (SSSR count). The number of hydrogen-bond acceptors (Lipinski definition) is 5. The zero-order chi connectivity index (χ0) is 14.7. The van der Waals surface area contributed by atoms with Crippen LogP contribution in [0.5, 0.6) is 0 Å². The van der Waals surface area contributed by atoms with Gasteiger partial charge < -0.3 is 15.5 Å². The van der Waals surface area contributed by atoms with Crippen molar-refractivity contribution in [3.8, 4) is 0 Å². The molecule has 3 heterocycles. The van der Waals surface area contributed by atoms with Crippen LogP contribution in [0.15, 0.2) is 5.38 Å². The lowest BCUT2D eigenvalue weighted by atomic mass is 9.96. The Balaban J connectivity index is 1.49. The molecule has 2 saturated heterocycles. The second-order valence-corrected chi connectivity index (χ2v) is 7.02. The van der Waals surface area contributed by atoms with Crippen LogP contribution in [0.1, 0.15) is 41.2 Å². The highest BCUT2D eigenvalue weighted by Crippen LogP contribution is 2.22. The third-order valence-corrected chi connectivity index (χ3v) is 5.43. The normalized spacial score (nSPS) is 21.1. The van der Waals surface area contributed by atoms with Crippen LogP contribution >= 0.6 is 11.3 Å². The van der Waals surface area contributed by atoms with E-state index >= 15 is 0 Å². The molecule has 1 aromatic heterocycles. The lowest BCUT2D eigenvalue weighted by molar-refractivity contribution is 0.0667. The number of amides is 1. The van der Waals surface area contributed by atoms with Gasteiger partial charge in [-0.05, 0) is 44.7 Å². The zero-order valence-electron chi connectivity index (χ0n) is 12.5. The number of nitrogens with zero attached hydrogens (tertiary/aromatic N) is 3. The molecular formula is C15H24N4OS. The van der Waals surface area contributed by atoms with Crippen LogP contribution in [0.2, 0.25) is 0 Å². The van der Waals surface area contributed by atoms with Gasteiger partial charge in [-0.1, -0.05) is 0 Å². The Morgan fingerprint density at radius 3 is 2.62 bits per heavy atom. The summed E-state index contributed by atoms with van der Waals surface area (Å²) in [7, 11) is 0. The Kier molecular flexibility index (Phi) is 4.87. The molecule has 1 amide bonds. The van der Waals surface area contributed by atoms with E-state index in [0.717, 1.165) is 36.9 Å². The number of aromatic nitrogens is 1. The third kappa shape index (κ3) is 3.62. The van der Waals surface area contributed by atoms with Gasteiger partial charge in [-0.3, -0.25) is 4.79 Å². The first-order valence-corrected chi connectivity index (χ1v) is 8.80. The predicted octanol–water partition coefficient (Wildman–Crippen LogP) is 1.55. The monoisotopic (exact) mass is 308 g/mol. The number of rotatable bonds is 4. The van der Waals surface area contributed by atoms with Crippen molar-refractivity contribution in [2.45, 2.75) is 32.2 Å². The number of nitrogens with two attached hydrogens (primary N) is 1. The van der Waals surface area contributed by atoms with E-state index < -0.39 is 0 Å². The molecule has 2 aliphatic rings. The molecule has 5 nitrogen and oxygen atoms in total. The van der Waals surface area contributed by atoms with Gasteiger partial charge in [0.05, 0.1) is 0 Å². The third-order valence-electron chi connectivity index (χ3n) is 4.56. The van der Waals surface area contributed by atoms with Gasteiger partial charge in [0.1, 0.15) is 10.7 Å². The highest BCUT2D eigenvalue weighted by atomic mass is 32.1. The summed E-state index contributed by atoms with van der Waals surface area (Å²) in [6.07, 6.45) is 4.95. The van der Waals surface area contributed by atoms with E-state index in [1.165, 1.54) is 43.8 Å². The summed E-state index contributed by atoms with van der Waals surface area (Å²) in [5.41, 5.74) is 6.12. The fraction of sp³-hybridized carbons (Fsp3) is 0.733. The summed E-state index contributed by atoms with van der Waals surface area (Å²) in [6, 6.07) is 0. The molecule has 21 heavy (non-hydrogen) atoms. The molecule has 6 heteroatoms. The molecule has 0 radical (unpaired) electrons. The molecule has 1 aromatic rings. The van der Waals surface area contributed by atoms with Crippen molar-refractivity contribution < 1.29 is 4.79 Å². The van der Waals surface area contributed by atoms with Gasteiger partial charge in [0.15, 0.2) is 0 Å². The van der Waals surface area contributed by atoms with Gasteiger partial charge >= 0.3 is 0 Å². The number of carbonyl (C=O) groups is 1. The summed E-state index contributed by atoms with van der Waals surface area (Å²) in [5.74, 6) is 0.827. The highest BCUT2D eigenvalue weighted by Gasteiger charge is 2.26. The van der Waals surface area contributed by atoms with Gasteiger partial charge in [0, 0.05) is 31.6 Å². The molecule has 0 saturated carbocycles. The number of piperidine rings is 1. The fourth-order valence-electron chi connectivity index (χ4n) is 3.31. The summed E-state index contributed by atoms with van der Waals surface area (Å²) in [6.45, 7) is 5.89. The average molecular weight is 308 g/mol. The molecule has 0 spiro atoms. The van der Waals surface area contributed by atoms with Gasteiger partial charge in [0.25, 0.3) is 5.91 Å². The standard InChI is InChI=1S/C15H24N4OS/c16-9-14-17-13(11-21-14)15(20)19-7-3-12(4-8-19)10-18-5-1-2-6-18/h11-12H,1-10,16H2. The summed E-state index contributed by atoms with van der Waals surface area (Å²) in [4.78, 5) is 21.2. The predicted molar refractivity (Wildman–Crippen MR) is 84.3 cm³/mol. The lowest BCUT2D eigenvalue weighted by Gasteiger charge is -2.33. The van der Waals surface area contributed by atoms with E-state index in [2.05, 4.69) is 9.88 Å². The van der Waals surface area contributed by atoms with Crippen molar-refractivity contribution in [3.05, 3.63) is 16.1 Å². The van der Waals surface area contributed by atoms with Crippen molar-refractivity contribution in [1.29, 1.82) is 0 Å². The van der Waals surface area contributed by atoms with Crippen molar-refractivity contribution in [2.24, 2.45) is 11.7 Å². The zero-order valence-corrected chi connectivity index (χ0v) is 13.3. The Bertz CT molecular complexity index is 476. The van der Waals surface area contributed by atoms with E-state index in [1.54, 1.807) is 0 Å². The van der Waals surface area contributed by atoms with Crippen LogP contribution in [0.3, 0.4) is 0 Å². The molecule has 0 unspecified atom stereocenters. The van der Waals surface area contributed by atoms with Crippen molar-refractivity contribution >= 4 is 17.2 Å². The minimum absolute atomic E-state index is 0.0746. The molecule has 0 atom stereocenters. The minimum atomic E-state index is 0.0746. The highest BCUT2D eigenvalue weighted by molar-refractivity contribution is 7.09. The quantitative estimate of drug-likeness (QED) is 0.917. The smallest absolute Gasteiger partial charge is 0.273 e. The Hall–Kier alpha value is -0.980. The van der Waals surface area contributed by atoms with Crippen molar-refractivity contribution in [1.82, 2.24) is 14.8 Å². The van der Waals surface area contributed by atoms with Crippen LogP contribution < -0.4 is 5.73 Å². The Morgan fingerprint density at radius 1 is 1.29 bits per heavy atom. The summed E-state index contributed by atoms with van der Waals surface area (Å²) in [5, 5.41) is 2.67. The first-order chi connectivity index (χ1) is 10.3. The molecule has 116 valence electrons. The number of thiazole rings is 1. The largest absolute Gasteiger partial charge is 0.337 e. The molecule has 2 N–H and O–H groups in total. The fourth-order valence-corrected chi connectivity index (χ4v) is 3.96. The molecule has 2 fully saturated rings. The summed E-state index contributed by atoms with van der Waals surface area (Å²) < 4.78 is 0. The van der Waals surface area contributed by atoms with Crippen LogP contribution in [-0.2, 0) is 6.54 Å². The molecule has 2 aliphatic heterocycles. The maximum absolute atomic E-state index is 12.4. The molecule has 0 aromatic carbocycles. The molecule has 0 bridgehead atoms. The van der Waals surface area contributed by atoms with E-state index in [1.807, 2.05) is 10.3 Å². The van der Waals surface area contributed by atoms with Crippen LogP contribution in [0.25, 0.3) is 0 Å².